The molecule has 0 spiro atoms. The van der Waals surface area contributed by atoms with Crippen LogP contribution in [0.5, 0.6) is 0 Å². The molecular weight excluding hydrogens is 248 g/mol. The van der Waals surface area contributed by atoms with E-state index in [1.54, 1.807) is 0 Å². The Morgan fingerprint density at radius 2 is 2.00 bits per heavy atom. The Morgan fingerprint density at radius 1 is 1.20 bits per heavy atom. The van der Waals surface area contributed by atoms with Crippen LogP contribution in [-0.2, 0) is 6.54 Å². The summed E-state index contributed by atoms with van der Waals surface area (Å²) in [6, 6.07) is 8.73. The summed E-state index contributed by atoms with van der Waals surface area (Å²) in [5.41, 5.74) is 3.01. The Morgan fingerprint density at radius 3 is 2.80 bits per heavy atom. The molecule has 1 saturated carbocycles. The van der Waals surface area contributed by atoms with Crippen molar-refractivity contribution in [2.45, 2.75) is 51.6 Å². The van der Waals surface area contributed by atoms with Gasteiger partial charge in [0.25, 0.3) is 5.56 Å². The van der Waals surface area contributed by atoms with Crippen molar-refractivity contribution >= 4 is 10.9 Å². The lowest BCUT2D eigenvalue weighted by molar-refractivity contribution is 0.372. The van der Waals surface area contributed by atoms with Crippen LogP contribution in [0.3, 0.4) is 0 Å². The topological polar surface area (TPSA) is 44.9 Å². The summed E-state index contributed by atoms with van der Waals surface area (Å²) in [6.07, 6.45) is 6.46. The highest BCUT2D eigenvalue weighted by Gasteiger charge is 2.13. The van der Waals surface area contributed by atoms with Crippen molar-refractivity contribution in [1.29, 1.82) is 0 Å². The van der Waals surface area contributed by atoms with Gasteiger partial charge < -0.3 is 10.3 Å². The molecule has 2 N–H and O–H groups in total. The predicted molar refractivity (Wildman–Crippen MR) is 83.0 cm³/mol. The molecule has 3 heteroatoms. The second-order valence-corrected chi connectivity index (χ2v) is 5.93. The molecule has 0 atom stereocenters. The maximum atomic E-state index is 12.1. The first-order valence-electron chi connectivity index (χ1n) is 7.58. The number of aromatic amines is 1. The molecule has 2 aromatic rings. The average molecular weight is 270 g/mol. The molecule has 0 unspecified atom stereocenters. The largest absolute Gasteiger partial charge is 0.322 e. The molecule has 1 aliphatic carbocycles. The van der Waals surface area contributed by atoms with E-state index in [2.05, 4.69) is 23.3 Å². The monoisotopic (exact) mass is 270 g/mol. The predicted octanol–water partition coefficient (Wildman–Crippen LogP) is 3.26. The van der Waals surface area contributed by atoms with Crippen LogP contribution in [0.1, 0.15) is 43.2 Å². The third kappa shape index (κ3) is 2.93. The second kappa shape index (κ2) is 5.80. The van der Waals surface area contributed by atoms with Gasteiger partial charge in [-0.2, -0.15) is 0 Å². The lowest BCUT2D eigenvalue weighted by Crippen LogP contribution is -2.32. The minimum atomic E-state index is 0.0321. The molecule has 1 heterocycles. The summed E-state index contributed by atoms with van der Waals surface area (Å²) in [4.78, 5) is 15.1. The molecule has 0 saturated heterocycles. The van der Waals surface area contributed by atoms with Gasteiger partial charge in [0.15, 0.2) is 0 Å². The van der Waals surface area contributed by atoms with Crippen molar-refractivity contribution in [2.24, 2.45) is 0 Å². The van der Waals surface area contributed by atoms with Crippen molar-refractivity contribution in [3.8, 4) is 0 Å². The molecule has 106 valence electrons. The molecule has 1 aliphatic rings. The molecule has 1 fully saturated rings. The van der Waals surface area contributed by atoms with Gasteiger partial charge in [-0.05, 0) is 43.4 Å². The number of aryl methyl sites for hydroxylation is 1. The summed E-state index contributed by atoms with van der Waals surface area (Å²) >= 11 is 0. The average Bonchev–Trinajstić information content (AvgIpc) is 2.46. The van der Waals surface area contributed by atoms with Gasteiger partial charge in [-0.15, -0.1) is 0 Å². The first-order valence-corrected chi connectivity index (χ1v) is 7.58. The van der Waals surface area contributed by atoms with Crippen LogP contribution in [0.4, 0.5) is 0 Å². The molecule has 3 nitrogen and oxygen atoms in total. The van der Waals surface area contributed by atoms with Crippen molar-refractivity contribution in [3.63, 3.8) is 0 Å². The van der Waals surface area contributed by atoms with E-state index >= 15 is 0 Å². The van der Waals surface area contributed by atoms with Gasteiger partial charge in [-0.3, -0.25) is 4.79 Å². The van der Waals surface area contributed by atoms with E-state index in [-0.39, 0.29) is 5.56 Å². The number of aromatic nitrogens is 1. The highest BCUT2D eigenvalue weighted by molar-refractivity contribution is 5.79. The third-order valence-corrected chi connectivity index (χ3v) is 4.26. The van der Waals surface area contributed by atoms with Crippen molar-refractivity contribution in [3.05, 3.63) is 45.7 Å². The van der Waals surface area contributed by atoms with Crippen LogP contribution in [0, 0.1) is 6.92 Å². The minimum absolute atomic E-state index is 0.0321. The fourth-order valence-electron chi connectivity index (χ4n) is 3.06. The van der Waals surface area contributed by atoms with Crippen LogP contribution in [0.25, 0.3) is 10.9 Å². The molecule has 0 amide bonds. The van der Waals surface area contributed by atoms with Crippen LogP contribution in [0.2, 0.25) is 0 Å². The summed E-state index contributed by atoms with van der Waals surface area (Å²) in [7, 11) is 0. The number of fused-ring (bicyclic) bond motifs is 1. The highest BCUT2D eigenvalue weighted by Crippen LogP contribution is 2.18. The number of nitrogens with one attached hydrogen (secondary N) is 2. The van der Waals surface area contributed by atoms with Crippen LogP contribution in [0.15, 0.2) is 29.1 Å². The number of pyridine rings is 1. The van der Waals surface area contributed by atoms with Gasteiger partial charge in [-0.25, -0.2) is 0 Å². The third-order valence-electron chi connectivity index (χ3n) is 4.26. The molecule has 0 radical (unpaired) electrons. The number of rotatable bonds is 3. The molecule has 0 aliphatic heterocycles. The van der Waals surface area contributed by atoms with Crippen LogP contribution in [-0.4, -0.2) is 11.0 Å². The molecule has 20 heavy (non-hydrogen) atoms. The summed E-state index contributed by atoms with van der Waals surface area (Å²) in [5, 5.41) is 4.65. The first-order chi connectivity index (χ1) is 9.72. The second-order valence-electron chi connectivity index (χ2n) is 5.93. The Bertz CT molecular complexity index is 654. The van der Waals surface area contributed by atoms with E-state index in [1.807, 2.05) is 18.2 Å². The molecular formula is C17H22N2O. The zero-order valence-electron chi connectivity index (χ0n) is 12.0. The zero-order chi connectivity index (χ0) is 13.9. The quantitative estimate of drug-likeness (QED) is 0.899. The van der Waals surface area contributed by atoms with E-state index < -0.39 is 0 Å². The van der Waals surface area contributed by atoms with Gasteiger partial charge in [0.05, 0.1) is 0 Å². The molecule has 1 aromatic heterocycles. The summed E-state index contributed by atoms with van der Waals surface area (Å²) < 4.78 is 0. The van der Waals surface area contributed by atoms with Crippen LogP contribution >= 0.6 is 0 Å². The summed E-state index contributed by atoms with van der Waals surface area (Å²) in [5.74, 6) is 0. The maximum Gasteiger partial charge on any atom is 0.252 e. The Hall–Kier alpha value is -1.61. The number of H-pyrrole nitrogens is 1. The Balaban J connectivity index is 1.79. The summed E-state index contributed by atoms with van der Waals surface area (Å²) in [6.45, 7) is 2.74. The maximum absolute atomic E-state index is 12.1. The van der Waals surface area contributed by atoms with E-state index in [0.717, 1.165) is 16.5 Å². The van der Waals surface area contributed by atoms with Gasteiger partial charge in [-0.1, -0.05) is 30.9 Å². The Kier molecular flexibility index (Phi) is 3.88. The van der Waals surface area contributed by atoms with Gasteiger partial charge >= 0.3 is 0 Å². The van der Waals surface area contributed by atoms with Crippen molar-refractivity contribution in [1.82, 2.24) is 10.3 Å². The molecule has 3 rings (SSSR count). The van der Waals surface area contributed by atoms with Crippen molar-refractivity contribution < 1.29 is 0 Å². The lowest BCUT2D eigenvalue weighted by atomic mass is 9.95. The van der Waals surface area contributed by atoms with Gasteiger partial charge in [0, 0.05) is 23.7 Å². The lowest BCUT2D eigenvalue weighted by Gasteiger charge is -2.22. The number of benzene rings is 1. The highest BCUT2D eigenvalue weighted by atomic mass is 16.1. The number of hydrogen-bond acceptors (Lipinski definition) is 2. The Labute approximate surface area is 119 Å². The molecule has 0 bridgehead atoms. The fourth-order valence-corrected chi connectivity index (χ4v) is 3.06. The van der Waals surface area contributed by atoms with E-state index in [0.29, 0.717) is 12.6 Å². The van der Waals surface area contributed by atoms with Gasteiger partial charge in [0.2, 0.25) is 0 Å². The SMILES string of the molecule is Cc1ccc2[nH]c(=O)c(CNC3CCCCC3)cc2c1. The molecule has 1 aromatic carbocycles. The van der Waals surface area contributed by atoms with Gasteiger partial charge in [0.1, 0.15) is 0 Å². The fraction of sp³-hybridized carbons (Fsp3) is 0.471. The van der Waals surface area contributed by atoms with E-state index in [1.165, 1.54) is 37.7 Å². The van der Waals surface area contributed by atoms with Crippen molar-refractivity contribution in [2.75, 3.05) is 0 Å². The van der Waals surface area contributed by atoms with E-state index in [4.69, 9.17) is 0 Å². The first kappa shape index (κ1) is 13.4. The standard InChI is InChI=1S/C17H22N2O/c1-12-7-8-16-13(9-12)10-14(17(20)19-16)11-18-15-5-3-2-4-6-15/h7-10,15,18H,2-6,11H2,1H3,(H,19,20). The van der Waals surface area contributed by atoms with E-state index in [9.17, 15) is 4.79 Å². The normalized spacial score (nSPS) is 16.6. The number of hydrogen-bond donors (Lipinski definition) is 2. The van der Waals surface area contributed by atoms with Crippen LogP contribution < -0.4 is 10.9 Å². The zero-order valence-corrected chi connectivity index (χ0v) is 12.0. The smallest absolute Gasteiger partial charge is 0.252 e. The minimum Gasteiger partial charge on any atom is -0.322 e.